The zero-order valence-corrected chi connectivity index (χ0v) is 17.2. The molecule has 0 saturated carbocycles. The van der Waals surface area contributed by atoms with Gasteiger partial charge in [-0.15, -0.1) is 0 Å². The second-order valence-corrected chi connectivity index (χ2v) is 6.95. The Labute approximate surface area is 182 Å². The molecule has 3 aromatic rings. The lowest BCUT2D eigenvalue weighted by Gasteiger charge is -2.14. The summed E-state index contributed by atoms with van der Waals surface area (Å²) in [4.78, 5) is 24.6. The predicted molar refractivity (Wildman–Crippen MR) is 120 cm³/mol. The van der Waals surface area contributed by atoms with Crippen molar-refractivity contribution in [3.8, 4) is 17.1 Å². The number of anilines is 1. The van der Waals surface area contributed by atoms with Crippen molar-refractivity contribution in [2.24, 2.45) is 0 Å². The molecule has 1 amide bonds. The van der Waals surface area contributed by atoms with E-state index in [1.54, 1.807) is 54.6 Å². The van der Waals surface area contributed by atoms with Crippen molar-refractivity contribution in [1.82, 2.24) is 5.32 Å². The molecule has 0 aliphatic carbocycles. The summed E-state index contributed by atoms with van der Waals surface area (Å²) in [6.45, 7) is 2.45. The third-order valence-electron chi connectivity index (χ3n) is 4.56. The first-order valence-corrected chi connectivity index (χ1v) is 9.81. The quantitative estimate of drug-likeness (QED) is 0.263. The number of furan rings is 1. The van der Waals surface area contributed by atoms with Gasteiger partial charge in [0.05, 0.1) is 17.2 Å². The van der Waals surface area contributed by atoms with E-state index in [2.05, 4.69) is 5.32 Å². The summed E-state index contributed by atoms with van der Waals surface area (Å²) in [6.07, 6.45) is 1.57. The Bertz CT molecular complexity index is 1180. The third kappa shape index (κ3) is 4.17. The molecular weight excluding hydrogens is 418 g/mol. The molecule has 4 rings (SSSR count). The molecule has 1 aliphatic rings. The number of carbonyl (C=O) groups excluding carboxylic acids is 1. The fourth-order valence-electron chi connectivity index (χ4n) is 3.10. The molecule has 31 heavy (non-hydrogen) atoms. The van der Waals surface area contributed by atoms with Gasteiger partial charge in [0.25, 0.3) is 11.6 Å². The number of thiocarbonyl (C=S) groups is 1. The summed E-state index contributed by atoms with van der Waals surface area (Å²) in [5.41, 5.74) is 1.60. The molecular formula is C22H17N3O5S. The Balaban J connectivity index is 1.54. The van der Waals surface area contributed by atoms with Gasteiger partial charge in [0.15, 0.2) is 5.11 Å². The Kier molecular flexibility index (Phi) is 5.50. The van der Waals surface area contributed by atoms with Crippen molar-refractivity contribution in [1.29, 1.82) is 0 Å². The number of nitrogens with zero attached hydrogens (tertiary/aromatic N) is 2. The highest BCUT2D eigenvalue weighted by Gasteiger charge is 2.32. The Morgan fingerprint density at radius 1 is 1.13 bits per heavy atom. The number of benzene rings is 2. The first kappa shape index (κ1) is 20.3. The van der Waals surface area contributed by atoms with Crippen molar-refractivity contribution >= 4 is 40.7 Å². The summed E-state index contributed by atoms with van der Waals surface area (Å²) in [7, 11) is 0. The molecule has 0 spiro atoms. The molecule has 9 heteroatoms. The molecule has 1 fully saturated rings. The molecule has 2 heterocycles. The molecule has 156 valence electrons. The monoisotopic (exact) mass is 435 g/mol. The largest absolute Gasteiger partial charge is 0.494 e. The number of ether oxygens (including phenoxy) is 1. The van der Waals surface area contributed by atoms with E-state index < -0.39 is 4.92 Å². The zero-order chi connectivity index (χ0) is 22.0. The highest BCUT2D eigenvalue weighted by molar-refractivity contribution is 7.80. The highest BCUT2D eigenvalue weighted by Crippen LogP contribution is 2.28. The van der Waals surface area contributed by atoms with Crippen LogP contribution in [0.1, 0.15) is 12.7 Å². The molecule has 0 bridgehead atoms. The Hall–Kier alpha value is -3.98. The van der Waals surface area contributed by atoms with Gasteiger partial charge >= 0.3 is 0 Å². The topological polar surface area (TPSA) is 97.8 Å². The van der Waals surface area contributed by atoms with E-state index in [1.165, 1.54) is 17.0 Å². The number of nitro groups is 1. The lowest BCUT2D eigenvalue weighted by Crippen LogP contribution is -2.30. The van der Waals surface area contributed by atoms with Crippen LogP contribution in [0, 0.1) is 10.1 Å². The molecule has 8 nitrogen and oxygen atoms in total. The molecule has 0 atom stereocenters. The van der Waals surface area contributed by atoms with Crippen molar-refractivity contribution < 1.29 is 18.9 Å². The van der Waals surface area contributed by atoms with Gasteiger partial charge in [-0.1, -0.05) is 0 Å². The first-order valence-electron chi connectivity index (χ1n) is 9.41. The summed E-state index contributed by atoms with van der Waals surface area (Å²) in [5.74, 6) is 1.38. The molecule has 2 aromatic carbocycles. The minimum Gasteiger partial charge on any atom is -0.494 e. The fraction of sp³-hybridized carbons (Fsp3) is 0.0909. The Morgan fingerprint density at radius 3 is 2.48 bits per heavy atom. The van der Waals surface area contributed by atoms with Crippen molar-refractivity contribution in [2.75, 3.05) is 11.5 Å². The van der Waals surface area contributed by atoms with E-state index in [9.17, 15) is 14.9 Å². The molecule has 1 aromatic heterocycles. The summed E-state index contributed by atoms with van der Waals surface area (Å²) >= 11 is 5.33. The van der Waals surface area contributed by atoms with Crippen LogP contribution in [-0.4, -0.2) is 22.5 Å². The SMILES string of the molecule is CCOc1ccc(N2C(=O)/C(=C\c3ccc(-c4ccc([N+](=O)[O-])cc4)o3)NC2=S)cc1. The van der Waals surface area contributed by atoms with Gasteiger partial charge in [-0.25, -0.2) is 0 Å². The lowest BCUT2D eigenvalue weighted by atomic mass is 10.1. The van der Waals surface area contributed by atoms with Crippen LogP contribution < -0.4 is 15.0 Å². The average Bonchev–Trinajstić information content (AvgIpc) is 3.34. The minimum absolute atomic E-state index is 0.00120. The molecule has 1 saturated heterocycles. The maximum atomic E-state index is 12.9. The average molecular weight is 435 g/mol. The number of non-ortho nitro benzene ring substituents is 1. The lowest BCUT2D eigenvalue weighted by molar-refractivity contribution is -0.384. The van der Waals surface area contributed by atoms with E-state index in [4.69, 9.17) is 21.4 Å². The van der Waals surface area contributed by atoms with E-state index in [0.29, 0.717) is 35.1 Å². The number of amides is 1. The number of rotatable bonds is 6. The van der Waals surface area contributed by atoms with E-state index in [-0.39, 0.29) is 22.4 Å². The second kappa shape index (κ2) is 8.41. The van der Waals surface area contributed by atoms with E-state index in [0.717, 1.165) is 0 Å². The highest BCUT2D eigenvalue weighted by atomic mass is 32.1. The number of carbonyl (C=O) groups is 1. The summed E-state index contributed by atoms with van der Waals surface area (Å²) in [5, 5.41) is 14.0. The second-order valence-electron chi connectivity index (χ2n) is 6.56. The maximum Gasteiger partial charge on any atom is 0.281 e. The maximum absolute atomic E-state index is 12.9. The van der Waals surface area contributed by atoms with E-state index >= 15 is 0 Å². The molecule has 0 unspecified atom stereocenters. The van der Waals surface area contributed by atoms with Crippen LogP contribution >= 0.6 is 12.2 Å². The van der Waals surface area contributed by atoms with Gasteiger partial charge in [0, 0.05) is 23.8 Å². The van der Waals surface area contributed by atoms with E-state index in [1.807, 2.05) is 6.92 Å². The van der Waals surface area contributed by atoms with Crippen LogP contribution in [0.5, 0.6) is 5.75 Å². The number of hydrogen-bond donors (Lipinski definition) is 1. The van der Waals surface area contributed by atoms with Gasteiger partial charge in [0.2, 0.25) is 0 Å². The Morgan fingerprint density at radius 2 is 1.84 bits per heavy atom. The van der Waals surface area contributed by atoms with Gasteiger partial charge in [-0.05, 0) is 67.7 Å². The van der Waals surface area contributed by atoms with Crippen molar-refractivity contribution in [3.05, 3.63) is 82.2 Å². The smallest absolute Gasteiger partial charge is 0.281 e. The van der Waals surface area contributed by atoms with Crippen LogP contribution in [0.25, 0.3) is 17.4 Å². The molecule has 1 aliphatic heterocycles. The van der Waals surface area contributed by atoms with Crippen LogP contribution in [-0.2, 0) is 4.79 Å². The van der Waals surface area contributed by atoms with Crippen LogP contribution in [0.3, 0.4) is 0 Å². The van der Waals surface area contributed by atoms with Crippen LogP contribution in [0.2, 0.25) is 0 Å². The van der Waals surface area contributed by atoms with Gasteiger partial charge < -0.3 is 14.5 Å². The summed E-state index contributed by atoms with van der Waals surface area (Å²) in [6, 6.07) is 16.6. The number of nitro benzene ring substituents is 1. The minimum atomic E-state index is -0.460. The standard InChI is InChI=1S/C22H17N3O5S/c1-2-29-17-9-7-15(8-10-17)24-21(26)19(23-22(24)31)13-18-11-12-20(30-18)14-3-5-16(6-4-14)25(27)28/h3-13H,2H2,1H3,(H,23,31)/b19-13+. The van der Waals surface area contributed by atoms with Crippen molar-refractivity contribution in [2.45, 2.75) is 6.92 Å². The third-order valence-corrected chi connectivity index (χ3v) is 4.84. The molecule has 1 N–H and O–H groups in total. The van der Waals surface area contributed by atoms with Crippen LogP contribution in [0.4, 0.5) is 11.4 Å². The number of nitrogens with one attached hydrogen (secondary N) is 1. The van der Waals surface area contributed by atoms with Crippen molar-refractivity contribution in [3.63, 3.8) is 0 Å². The van der Waals surface area contributed by atoms with Gasteiger partial charge in [0.1, 0.15) is 23.0 Å². The van der Waals surface area contributed by atoms with Crippen LogP contribution in [0.15, 0.2) is 70.8 Å². The predicted octanol–water partition coefficient (Wildman–Crippen LogP) is 4.52. The first-order chi connectivity index (χ1) is 15.0. The molecule has 0 radical (unpaired) electrons. The zero-order valence-electron chi connectivity index (χ0n) is 16.4. The normalized spacial score (nSPS) is 14.7. The summed E-state index contributed by atoms with van der Waals surface area (Å²) < 4.78 is 11.2. The fourth-order valence-corrected chi connectivity index (χ4v) is 3.40. The van der Waals surface area contributed by atoms with Gasteiger partial charge in [-0.2, -0.15) is 0 Å². The number of hydrogen-bond acceptors (Lipinski definition) is 6. The van der Waals surface area contributed by atoms with Gasteiger partial charge in [-0.3, -0.25) is 19.8 Å².